The Labute approximate surface area is 117 Å². The molecule has 5 heteroatoms. The molecule has 0 aliphatic heterocycles. The second-order valence-corrected chi connectivity index (χ2v) is 5.36. The highest BCUT2D eigenvalue weighted by Crippen LogP contribution is 2.34. The van der Waals surface area contributed by atoms with Crippen LogP contribution in [-0.2, 0) is 4.74 Å². The fourth-order valence-corrected chi connectivity index (χ4v) is 2.70. The first-order chi connectivity index (χ1) is 9.46. The van der Waals surface area contributed by atoms with E-state index in [1.54, 1.807) is 0 Å². The Bertz CT molecular complexity index is 407. The van der Waals surface area contributed by atoms with Gasteiger partial charge in [0.1, 0.15) is 0 Å². The van der Waals surface area contributed by atoms with Crippen LogP contribution in [0.3, 0.4) is 0 Å². The summed E-state index contributed by atoms with van der Waals surface area (Å²) in [5, 5.41) is 0. The minimum atomic E-state index is -4.17. The molecule has 1 saturated carbocycles. The second-order valence-electron chi connectivity index (χ2n) is 5.36. The molecule has 0 heterocycles. The van der Waals surface area contributed by atoms with Gasteiger partial charge in [0.05, 0.1) is 19.1 Å². The van der Waals surface area contributed by atoms with Gasteiger partial charge in [-0.05, 0) is 30.7 Å². The van der Waals surface area contributed by atoms with Crippen molar-refractivity contribution in [1.29, 1.82) is 0 Å². The minimum Gasteiger partial charge on any atom is -0.376 e. The molecule has 2 rings (SSSR count). The van der Waals surface area contributed by atoms with E-state index in [0.717, 1.165) is 12.8 Å². The number of nitrogens with two attached hydrogens (primary N) is 1. The predicted molar refractivity (Wildman–Crippen MR) is 71.4 cm³/mol. The maximum atomic E-state index is 12.1. The number of halogens is 3. The average molecular weight is 287 g/mol. The molecule has 112 valence electrons. The molecular weight excluding hydrogens is 267 g/mol. The highest BCUT2D eigenvalue weighted by atomic mass is 19.4. The Kier molecular flexibility index (Phi) is 5.05. The van der Waals surface area contributed by atoms with Crippen molar-refractivity contribution < 1.29 is 17.9 Å². The van der Waals surface area contributed by atoms with Gasteiger partial charge in [0.2, 0.25) is 0 Å². The molecule has 2 nitrogen and oxygen atoms in total. The van der Waals surface area contributed by atoms with Crippen LogP contribution in [0.1, 0.15) is 37.2 Å². The number of rotatable bonds is 4. The van der Waals surface area contributed by atoms with Crippen molar-refractivity contribution in [3.8, 4) is 0 Å². The third-order valence-electron chi connectivity index (χ3n) is 3.83. The summed E-state index contributed by atoms with van der Waals surface area (Å²) < 4.78 is 41.8. The van der Waals surface area contributed by atoms with Crippen molar-refractivity contribution in [1.82, 2.24) is 0 Å². The smallest absolute Gasteiger partial charge is 0.376 e. The monoisotopic (exact) mass is 287 g/mol. The molecule has 1 aliphatic rings. The zero-order valence-electron chi connectivity index (χ0n) is 11.3. The topological polar surface area (TPSA) is 35.2 Å². The summed E-state index contributed by atoms with van der Waals surface area (Å²) in [5.74, 6) is 0.326. The van der Waals surface area contributed by atoms with E-state index in [1.165, 1.54) is 5.56 Å². The van der Waals surface area contributed by atoms with Crippen LogP contribution in [0.15, 0.2) is 30.3 Å². The highest BCUT2D eigenvalue weighted by Gasteiger charge is 2.32. The summed E-state index contributed by atoms with van der Waals surface area (Å²) in [6.07, 6.45) is -2.91. The van der Waals surface area contributed by atoms with Crippen LogP contribution in [-0.4, -0.2) is 24.9 Å². The van der Waals surface area contributed by atoms with Gasteiger partial charge >= 0.3 is 6.18 Å². The van der Waals surface area contributed by atoms with Crippen molar-refractivity contribution in [3.05, 3.63) is 35.9 Å². The molecule has 20 heavy (non-hydrogen) atoms. The summed E-state index contributed by atoms with van der Waals surface area (Å²) >= 11 is 0. The maximum absolute atomic E-state index is 12.1. The van der Waals surface area contributed by atoms with Gasteiger partial charge in [-0.1, -0.05) is 30.3 Å². The Morgan fingerprint density at radius 2 is 1.85 bits per heavy atom. The predicted octanol–water partition coefficient (Wildman–Crippen LogP) is 3.62. The Balaban J connectivity index is 1.88. The molecule has 0 aromatic heterocycles. The SMILES string of the molecule is NC1CCC(c2ccccc2)CC1OCCC(F)(F)F. The van der Waals surface area contributed by atoms with Crippen LogP contribution in [0.5, 0.6) is 0 Å². The van der Waals surface area contributed by atoms with E-state index in [2.05, 4.69) is 0 Å². The standard InChI is InChI=1S/C15H20F3NO/c16-15(17,18)8-9-20-14-10-12(6-7-13(14)19)11-4-2-1-3-5-11/h1-5,12-14H,6-10,19H2. The fraction of sp³-hybridized carbons (Fsp3) is 0.600. The molecule has 1 aromatic carbocycles. The van der Waals surface area contributed by atoms with Gasteiger partial charge < -0.3 is 10.5 Å². The van der Waals surface area contributed by atoms with E-state index in [4.69, 9.17) is 10.5 Å². The molecule has 1 aromatic rings. The zero-order chi connectivity index (χ0) is 14.6. The minimum absolute atomic E-state index is 0.164. The van der Waals surface area contributed by atoms with Crippen LogP contribution in [0.2, 0.25) is 0 Å². The second kappa shape index (κ2) is 6.59. The van der Waals surface area contributed by atoms with Crippen molar-refractivity contribution in [2.24, 2.45) is 5.73 Å². The molecule has 3 unspecified atom stereocenters. The van der Waals surface area contributed by atoms with E-state index in [-0.39, 0.29) is 18.8 Å². The van der Waals surface area contributed by atoms with Crippen LogP contribution in [0.25, 0.3) is 0 Å². The summed E-state index contributed by atoms with van der Waals surface area (Å²) in [6, 6.07) is 9.84. The van der Waals surface area contributed by atoms with E-state index in [9.17, 15) is 13.2 Å². The average Bonchev–Trinajstić information content (AvgIpc) is 2.40. The number of benzene rings is 1. The van der Waals surface area contributed by atoms with Gasteiger partial charge in [-0.15, -0.1) is 0 Å². The molecule has 0 saturated heterocycles. The first-order valence-electron chi connectivity index (χ1n) is 6.94. The highest BCUT2D eigenvalue weighted by molar-refractivity contribution is 5.20. The van der Waals surface area contributed by atoms with Gasteiger partial charge in [-0.3, -0.25) is 0 Å². The Morgan fingerprint density at radius 3 is 2.50 bits per heavy atom. The lowest BCUT2D eigenvalue weighted by atomic mass is 9.80. The lowest BCUT2D eigenvalue weighted by molar-refractivity contribution is -0.151. The van der Waals surface area contributed by atoms with Crippen molar-refractivity contribution in [3.63, 3.8) is 0 Å². The van der Waals surface area contributed by atoms with Crippen LogP contribution in [0.4, 0.5) is 13.2 Å². The van der Waals surface area contributed by atoms with Gasteiger partial charge in [0, 0.05) is 6.04 Å². The number of alkyl halides is 3. The molecule has 0 amide bonds. The van der Waals surface area contributed by atoms with Gasteiger partial charge in [0.25, 0.3) is 0 Å². The Hall–Kier alpha value is -1.07. The molecule has 1 aliphatic carbocycles. The van der Waals surface area contributed by atoms with Gasteiger partial charge in [-0.25, -0.2) is 0 Å². The van der Waals surface area contributed by atoms with Crippen molar-refractivity contribution >= 4 is 0 Å². The summed E-state index contributed by atoms with van der Waals surface area (Å²) in [7, 11) is 0. The molecule has 2 N–H and O–H groups in total. The summed E-state index contributed by atoms with van der Waals surface area (Å²) in [4.78, 5) is 0. The van der Waals surface area contributed by atoms with Gasteiger partial charge in [-0.2, -0.15) is 13.2 Å². The number of hydrogen-bond acceptors (Lipinski definition) is 2. The lowest BCUT2D eigenvalue weighted by Gasteiger charge is -2.34. The largest absolute Gasteiger partial charge is 0.391 e. The first-order valence-corrected chi connectivity index (χ1v) is 6.94. The van der Waals surface area contributed by atoms with Crippen LogP contribution >= 0.6 is 0 Å². The van der Waals surface area contributed by atoms with E-state index in [0.29, 0.717) is 12.3 Å². The van der Waals surface area contributed by atoms with Gasteiger partial charge in [0.15, 0.2) is 0 Å². The normalized spacial score (nSPS) is 27.5. The zero-order valence-corrected chi connectivity index (χ0v) is 11.3. The van der Waals surface area contributed by atoms with E-state index >= 15 is 0 Å². The maximum Gasteiger partial charge on any atom is 0.391 e. The number of ether oxygens (including phenoxy) is 1. The number of hydrogen-bond donors (Lipinski definition) is 1. The van der Waals surface area contributed by atoms with Crippen LogP contribution < -0.4 is 5.73 Å². The summed E-state index contributed by atoms with van der Waals surface area (Å²) in [5.41, 5.74) is 7.17. The third kappa shape index (κ3) is 4.49. The molecule has 0 bridgehead atoms. The summed E-state index contributed by atoms with van der Waals surface area (Å²) in [6.45, 7) is -0.302. The molecule has 1 fully saturated rings. The fourth-order valence-electron chi connectivity index (χ4n) is 2.70. The third-order valence-corrected chi connectivity index (χ3v) is 3.83. The van der Waals surface area contributed by atoms with Crippen molar-refractivity contribution in [2.45, 2.75) is 49.9 Å². The van der Waals surface area contributed by atoms with Crippen LogP contribution in [0, 0.1) is 0 Å². The van der Waals surface area contributed by atoms with Crippen molar-refractivity contribution in [2.75, 3.05) is 6.61 Å². The quantitative estimate of drug-likeness (QED) is 0.918. The Morgan fingerprint density at radius 1 is 1.15 bits per heavy atom. The molecule has 3 atom stereocenters. The first kappa shape index (κ1) is 15.3. The molecule has 0 spiro atoms. The van der Waals surface area contributed by atoms with E-state index < -0.39 is 12.6 Å². The molecule has 0 radical (unpaired) electrons. The molecular formula is C15H20F3NO. The lowest BCUT2D eigenvalue weighted by Crippen LogP contribution is -2.42. The van der Waals surface area contributed by atoms with E-state index in [1.807, 2.05) is 30.3 Å².